The Morgan fingerprint density at radius 2 is 2.33 bits per heavy atom. The molecule has 0 aliphatic rings. The van der Waals surface area contributed by atoms with Crippen molar-refractivity contribution in [1.29, 1.82) is 0 Å². The van der Waals surface area contributed by atoms with Gasteiger partial charge >= 0.3 is 0 Å². The zero-order valence-electron chi connectivity index (χ0n) is 7.84. The number of alkyl halides is 3. The van der Waals surface area contributed by atoms with E-state index < -0.39 is 12.1 Å². The average Bonchev–Trinajstić information content (AvgIpc) is 2.26. The highest BCUT2D eigenvalue weighted by Crippen LogP contribution is 2.32. The third kappa shape index (κ3) is 2.23. The smallest absolute Gasteiger partial charge is 0.284 e. The van der Waals surface area contributed by atoms with Crippen molar-refractivity contribution in [3.8, 4) is 5.75 Å². The minimum Gasteiger partial charge on any atom is -0.494 e. The molecule has 0 saturated heterocycles. The number of hydrogen-bond acceptors (Lipinski definition) is 3. The highest BCUT2D eigenvalue weighted by molar-refractivity contribution is 6.17. The molecule has 0 unspecified atom stereocenters. The van der Waals surface area contributed by atoms with Gasteiger partial charge in [-0.2, -0.15) is 0 Å². The Morgan fingerprint density at radius 1 is 1.67 bits per heavy atom. The van der Waals surface area contributed by atoms with Gasteiger partial charge in [-0.1, -0.05) is 0 Å². The second-order valence-electron chi connectivity index (χ2n) is 2.66. The number of aldehydes is 1. The third-order valence-corrected chi connectivity index (χ3v) is 2.14. The van der Waals surface area contributed by atoms with Crippen molar-refractivity contribution < 1.29 is 18.3 Å². The summed E-state index contributed by atoms with van der Waals surface area (Å²) < 4.78 is 29.8. The predicted molar refractivity (Wildman–Crippen MR) is 50.7 cm³/mol. The Labute approximate surface area is 90.0 Å². The highest BCUT2D eigenvalue weighted by atomic mass is 35.5. The summed E-state index contributed by atoms with van der Waals surface area (Å²) in [5.74, 6) is -0.205. The van der Waals surface area contributed by atoms with Gasteiger partial charge in [0.2, 0.25) is 0 Å². The van der Waals surface area contributed by atoms with Crippen molar-refractivity contribution in [3.63, 3.8) is 0 Å². The SMILES string of the molecule is COc1c(C(F)F)ncc(C=O)c1CCl. The van der Waals surface area contributed by atoms with Gasteiger partial charge in [0.1, 0.15) is 5.69 Å². The van der Waals surface area contributed by atoms with Crippen LogP contribution in [-0.2, 0) is 5.88 Å². The van der Waals surface area contributed by atoms with E-state index in [2.05, 4.69) is 4.98 Å². The van der Waals surface area contributed by atoms with E-state index in [0.717, 1.165) is 6.20 Å². The number of carbonyl (C=O) groups excluding carboxylic acids is 1. The number of methoxy groups -OCH3 is 1. The van der Waals surface area contributed by atoms with Gasteiger partial charge in [-0.3, -0.25) is 9.78 Å². The number of nitrogens with zero attached hydrogens (tertiary/aromatic N) is 1. The molecule has 1 aromatic rings. The molecule has 1 heterocycles. The zero-order valence-corrected chi connectivity index (χ0v) is 8.59. The van der Waals surface area contributed by atoms with Gasteiger partial charge in [0.15, 0.2) is 12.0 Å². The lowest BCUT2D eigenvalue weighted by atomic mass is 10.1. The van der Waals surface area contributed by atoms with Crippen molar-refractivity contribution in [2.75, 3.05) is 7.11 Å². The molecule has 0 fully saturated rings. The molecule has 1 aromatic heterocycles. The molecular formula is C9H8ClF2NO2. The van der Waals surface area contributed by atoms with Gasteiger partial charge in [-0.05, 0) is 0 Å². The van der Waals surface area contributed by atoms with Gasteiger partial charge in [-0.15, -0.1) is 11.6 Å². The summed E-state index contributed by atoms with van der Waals surface area (Å²) in [6.45, 7) is 0. The van der Waals surface area contributed by atoms with Crippen molar-refractivity contribution in [3.05, 3.63) is 23.0 Å². The number of halogens is 3. The molecule has 0 aromatic carbocycles. The van der Waals surface area contributed by atoms with Crippen LogP contribution in [0.25, 0.3) is 0 Å². The Kier molecular flexibility index (Phi) is 3.96. The summed E-state index contributed by atoms with van der Waals surface area (Å²) >= 11 is 5.56. The lowest BCUT2D eigenvalue weighted by molar-refractivity contribution is 0.111. The lowest BCUT2D eigenvalue weighted by Crippen LogP contribution is -2.03. The van der Waals surface area contributed by atoms with Gasteiger partial charge < -0.3 is 4.74 Å². The van der Waals surface area contributed by atoms with Crippen LogP contribution < -0.4 is 4.74 Å². The second-order valence-corrected chi connectivity index (χ2v) is 2.93. The van der Waals surface area contributed by atoms with E-state index in [-0.39, 0.29) is 22.8 Å². The van der Waals surface area contributed by atoms with Crippen molar-refractivity contribution in [2.45, 2.75) is 12.3 Å². The number of rotatable bonds is 4. The molecule has 1 rings (SSSR count). The predicted octanol–water partition coefficient (Wildman–Crippen LogP) is 2.58. The summed E-state index contributed by atoms with van der Waals surface area (Å²) in [5.41, 5.74) is -0.107. The summed E-state index contributed by atoms with van der Waals surface area (Å²) in [7, 11) is 1.23. The zero-order chi connectivity index (χ0) is 11.4. The standard InChI is InChI=1S/C9H8ClF2NO2/c1-15-8-6(2-10)5(4-14)3-13-7(8)9(11)12/h3-4,9H,2H2,1H3. The van der Waals surface area contributed by atoms with E-state index in [1.54, 1.807) is 0 Å². The molecule has 0 amide bonds. The van der Waals surface area contributed by atoms with Crippen LogP contribution in [0.3, 0.4) is 0 Å². The number of ether oxygens (including phenoxy) is 1. The largest absolute Gasteiger partial charge is 0.494 e. The highest BCUT2D eigenvalue weighted by Gasteiger charge is 2.20. The first kappa shape index (κ1) is 11.8. The maximum Gasteiger partial charge on any atom is 0.284 e. The molecule has 0 aliphatic carbocycles. The molecule has 0 spiro atoms. The first-order valence-corrected chi connectivity index (χ1v) is 4.54. The molecule has 0 aliphatic heterocycles. The van der Waals surface area contributed by atoms with Crippen LogP contribution in [0.4, 0.5) is 8.78 Å². The molecule has 0 saturated carbocycles. The van der Waals surface area contributed by atoms with Crippen LogP contribution in [0.5, 0.6) is 5.75 Å². The topological polar surface area (TPSA) is 39.2 Å². The van der Waals surface area contributed by atoms with Crippen LogP contribution in [0.15, 0.2) is 6.20 Å². The number of carbonyl (C=O) groups is 1. The molecule has 82 valence electrons. The van der Waals surface area contributed by atoms with Gasteiger partial charge in [0, 0.05) is 17.3 Å². The average molecular weight is 236 g/mol. The van der Waals surface area contributed by atoms with E-state index in [9.17, 15) is 13.6 Å². The van der Waals surface area contributed by atoms with E-state index in [0.29, 0.717) is 6.29 Å². The van der Waals surface area contributed by atoms with Gasteiger partial charge in [-0.25, -0.2) is 8.78 Å². The number of pyridine rings is 1. The van der Waals surface area contributed by atoms with Crippen LogP contribution in [-0.4, -0.2) is 18.4 Å². The van der Waals surface area contributed by atoms with Crippen LogP contribution >= 0.6 is 11.6 Å². The quantitative estimate of drug-likeness (QED) is 0.595. The molecule has 0 radical (unpaired) electrons. The molecule has 0 bridgehead atoms. The van der Waals surface area contributed by atoms with Crippen molar-refractivity contribution in [1.82, 2.24) is 4.98 Å². The van der Waals surface area contributed by atoms with Crippen LogP contribution in [0.2, 0.25) is 0 Å². The molecule has 0 N–H and O–H groups in total. The molecule has 0 atom stereocenters. The molecule has 15 heavy (non-hydrogen) atoms. The van der Waals surface area contributed by atoms with E-state index >= 15 is 0 Å². The lowest BCUT2D eigenvalue weighted by Gasteiger charge is -2.12. The molecule has 6 heteroatoms. The fourth-order valence-electron chi connectivity index (χ4n) is 1.18. The first-order valence-electron chi connectivity index (χ1n) is 4.00. The summed E-state index contributed by atoms with van der Waals surface area (Å²) in [6, 6.07) is 0. The normalized spacial score (nSPS) is 10.5. The van der Waals surface area contributed by atoms with Gasteiger partial charge in [0.25, 0.3) is 6.43 Å². The summed E-state index contributed by atoms with van der Waals surface area (Å²) in [5, 5.41) is 0. The summed E-state index contributed by atoms with van der Waals surface area (Å²) in [6.07, 6.45) is -1.19. The second kappa shape index (κ2) is 5.02. The monoisotopic (exact) mass is 235 g/mol. The van der Waals surface area contributed by atoms with E-state index in [1.165, 1.54) is 7.11 Å². The van der Waals surface area contributed by atoms with Crippen molar-refractivity contribution >= 4 is 17.9 Å². The minimum absolute atomic E-state index is 0.0838. The minimum atomic E-state index is -2.76. The Morgan fingerprint density at radius 3 is 2.73 bits per heavy atom. The maximum atomic E-state index is 12.5. The Bertz CT molecular complexity index is 371. The number of hydrogen-bond donors (Lipinski definition) is 0. The molecule has 3 nitrogen and oxygen atoms in total. The first-order chi connectivity index (χ1) is 7.15. The Hall–Kier alpha value is -1.23. The fraction of sp³-hybridized carbons (Fsp3) is 0.333. The number of aromatic nitrogens is 1. The Balaban J connectivity index is 3.40. The van der Waals surface area contributed by atoms with Crippen molar-refractivity contribution in [2.24, 2.45) is 0 Å². The fourth-order valence-corrected chi connectivity index (χ4v) is 1.46. The maximum absolute atomic E-state index is 12.5. The van der Waals surface area contributed by atoms with E-state index in [1.807, 2.05) is 0 Å². The van der Waals surface area contributed by atoms with Gasteiger partial charge in [0.05, 0.1) is 13.0 Å². The van der Waals surface area contributed by atoms with E-state index in [4.69, 9.17) is 16.3 Å². The summed E-state index contributed by atoms with van der Waals surface area (Å²) in [4.78, 5) is 14.1. The van der Waals surface area contributed by atoms with Crippen LogP contribution in [0.1, 0.15) is 28.0 Å². The third-order valence-electron chi connectivity index (χ3n) is 1.87. The van der Waals surface area contributed by atoms with Crippen LogP contribution in [0, 0.1) is 0 Å². The molecular weight excluding hydrogens is 228 g/mol.